The van der Waals surface area contributed by atoms with E-state index in [2.05, 4.69) is 55.3 Å². The molecule has 2 atom stereocenters. The van der Waals surface area contributed by atoms with Crippen molar-refractivity contribution in [1.29, 1.82) is 0 Å². The molecule has 2 aliphatic rings. The first kappa shape index (κ1) is 13.9. The fourth-order valence-corrected chi connectivity index (χ4v) is 4.26. The second kappa shape index (κ2) is 5.40. The van der Waals surface area contributed by atoms with Crippen LogP contribution in [0.25, 0.3) is 0 Å². The van der Waals surface area contributed by atoms with Gasteiger partial charge in [0.15, 0.2) is 0 Å². The van der Waals surface area contributed by atoms with Crippen molar-refractivity contribution in [2.24, 2.45) is 11.3 Å². The Morgan fingerprint density at radius 3 is 2.90 bits per heavy atom. The summed E-state index contributed by atoms with van der Waals surface area (Å²) < 4.78 is 0. The number of fused-ring (bicyclic) bond motifs is 1. The number of hydrogen-bond acceptors (Lipinski definition) is 2. The molecule has 0 aromatic heterocycles. The van der Waals surface area contributed by atoms with Crippen LogP contribution in [0.2, 0.25) is 0 Å². The maximum atomic E-state index is 3.76. The standard InChI is InChI=1S/C18H28N2/c1-4-19-17-15(9-11-18(17,2)3)13-20-12-10-14-7-5-6-8-16(14)20/h5-8,15,17,19H,4,9-13H2,1-3H3. The van der Waals surface area contributed by atoms with Crippen molar-refractivity contribution >= 4 is 5.69 Å². The van der Waals surface area contributed by atoms with Gasteiger partial charge in [-0.25, -0.2) is 0 Å². The van der Waals surface area contributed by atoms with Crippen LogP contribution in [-0.4, -0.2) is 25.7 Å². The Hall–Kier alpha value is -1.02. The van der Waals surface area contributed by atoms with E-state index in [0.717, 1.165) is 12.5 Å². The average molecular weight is 272 g/mol. The molecule has 0 radical (unpaired) electrons. The Kier molecular flexibility index (Phi) is 3.76. The van der Waals surface area contributed by atoms with E-state index in [4.69, 9.17) is 0 Å². The van der Waals surface area contributed by atoms with Crippen LogP contribution in [0.15, 0.2) is 24.3 Å². The molecule has 1 aromatic carbocycles. The Morgan fingerprint density at radius 2 is 2.10 bits per heavy atom. The number of hydrogen-bond donors (Lipinski definition) is 1. The third-order valence-corrected chi connectivity index (χ3v) is 5.34. The van der Waals surface area contributed by atoms with Crippen LogP contribution in [0, 0.1) is 11.3 Å². The van der Waals surface area contributed by atoms with Gasteiger partial charge in [-0.3, -0.25) is 0 Å². The molecule has 2 heteroatoms. The molecule has 2 unspecified atom stereocenters. The molecule has 1 fully saturated rings. The first-order valence-corrected chi connectivity index (χ1v) is 8.18. The van der Waals surface area contributed by atoms with Crippen molar-refractivity contribution < 1.29 is 0 Å². The highest BCUT2D eigenvalue weighted by Crippen LogP contribution is 2.42. The second-order valence-electron chi connectivity index (χ2n) is 7.15. The number of para-hydroxylation sites is 1. The minimum absolute atomic E-state index is 0.444. The molecule has 0 bridgehead atoms. The highest BCUT2D eigenvalue weighted by molar-refractivity contribution is 5.57. The summed E-state index contributed by atoms with van der Waals surface area (Å²) in [5.74, 6) is 0.788. The fraction of sp³-hybridized carbons (Fsp3) is 0.667. The zero-order valence-electron chi connectivity index (χ0n) is 13.2. The molecular weight excluding hydrogens is 244 g/mol. The number of nitrogens with one attached hydrogen (secondary N) is 1. The summed E-state index contributed by atoms with van der Waals surface area (Å²) in [5.41, 5.74) is 3.46. The van der Waals surface area contributed by atoms with E-state index in [-0.39, 0.29) is 0 Å². The summed E-state index contributed by atoms with van der Waals surface area (Å²) in [6.07, 6.45) is 3.94. The van der Waals surface area contributed by atoms with Gasteiger partial charge in [0, 0.05) is 24.8 Å². The van der Waals surface area contributed by atoms with Crippen molar-refractivity contribution in [2.45, 2.75) is 46.1 Å². The smallest absolute Gasteiger partial charge is 0.0399 e. The zero-order valence-corrected chi connectivity index (χ0v) is 13.2. The van der Waals surface area contributed by atoms with Crippen molar-refractivity contribution in [3.8, 4) is 0 Å². The van der Waals surface area contributed by atoms with Gasteiger partial charge < -0.3 is 10.2 Å². The number of nitrogens with zero attached hydrogens (tertiary/aromatic N) is 1. The lowest BCUT2D eigenvalue weighted by Gasteiger charge is -2.34. The predicted octanol–water partition coefficient (Wildman–Crippen LogP) is 3.46. The molecule has 110 valence electrons. The maximum absolute atomic E-state index is 3.76. The Bertz CT molecular complexity index is 466. The van der Waals surface area contributed by atoms with Crippen LogP contribution in [0.5, 0.6) is 0 Å². The predicted molar refractivity (Wildman–Crippen MR) is 86.3 cm³/mol. The molecule has 1 saturated carbocycles. The summed E-state index contributed by atoms with van der Waals surface area (Å²) in [5, 5.41) is 3.76. The minimum Gasteiger partial charge on any atom is -0.371 e. The van der Waals surface area contributed by atoms with Crippen LogP contribution in [0.1, 0.15) is 39.2 Å². The molecule has 1 aliphatic carbocycles. The topological polar surface area (TPSA) is 15.3 Å². The number of anilines is 1. The van der Waals surface area contributed by atoms with Crippen molar-refractivity contribution in [3.05, 3.63) is 29.8 Å². The molecule has 1 aromatic rings. The lowest BCUT2D eigenvalue weighted by Crippen LogP contribution is -2.45. The monoisotopic (exact) mass is 272 g/mol. The van der Waals surface area contributed by atoms with Crippen LogP contribution in [-0.2, 0) is 6.42 Å². The van der Waals surface area contributed by atoms with E-state index in [1.165, 1.54) is 43.6 Å². The lowest BCUT2D eigenvalue weighted by molar-refractivity contribution is 0.253. The minimum atomic E-state index is 0.444. The van der Waals surface area contributed by atoms with Gasteiger partial charge in [-0.2, -0.15) is 0 Å². The average Bonchev–Trinajstić information content (AvgIpc) is 2.96. The quantitative estimate of drug-likeness (QED) is 0.903. The number of rotatable bonds is 4. The van der Waals surface area contributed by atoms with E-state index in [1.807, 2.05) is 0 Å². The van der Waals surface area contributed by atoms with E-state index in [0.29, 0.717) is 11.5 Å². The summed E-state index contributed by atoms with van der Waals surface area (Å²) in [7, 11) is 0. The van der Waals surface area contributed by atoms with E-state index >= 15 is 0 Å². The van der Waals surface area contributed by atoms with Crippen molar-refractivity contribution in [3.63, 3.8) is 0 Å². The molecule has 1 N–H and O–H groups in total. The molecular formula is C18H28N2. The largest absolute Gasteiger partial charge is 0.371 e. The zero-order chi connectivity index (χ0) is 14.2. The number of benzene rings is 1. The third kappa shape index (κ3) is 2.46. The molecule has 0 spiro atoms. The third-order valence-electron chi connectivity index (χ3n) is 5.34. The highest BCUT2D eigenvalue weighted by Gasteiger charge is 2.42. The van der Waals surface area contributed by atoms with Gasteiger partial charge in [0.1, 0.15) is 0 Å². The Balaban J connectivity index is 1.72. The van der Waals surface area contributed by atoms with E-state index in [1.54, 1.807) is 0 Å². The van der Waals surface area contributed by atoms with Gasteiger partial charge in [-0.1, -0.05) is 39.0 Å². The summed E-state index contributed by atoms with van der Waals surface area (Å²) in [6.45, 7) is 10.6. The second-order valence-corrected chi connectivity index (χ2v) is 7.15. The Labute approximate surface area is 123 Å². The lowest BCUT2D eigenvalue weighted by atomic mass is 9.84. The van der Waals surface area contributed by atoms with Crippen LogP contribution in [0.4, 0.5) is 5.69 Å². The summed E-state index contributed by atoms with van der Waals surface area (Å²) >= 11 is 0. The molecule has 0 saturated heterocycles. The first-order valence-electron chi connectivity index (χ1n) is 8.18. The van der Waals surface area contributed by atoms with Gasteiger partial charge in [0.05, 0.1) is 0 Å². The van der Waals surface area contributed by atoms with E-state index in [9.17, 15) is 0 Å². The molecule has 1 heterocycles. The summed E-state index contributed by atoms with van der Waals surface area (Å²) in [6, 6.07) is 9.60. The normalized spacial score (nSPS) is 27.9. The highest BCUT2D eigenvalue weighted by atomic mass is 15.2. The van der Waals surface area contributed by atoms with E-state index < -0.39 is 0 Å². The van der Waals surface area contributed by atoms with Crippen LogP contribution < -0.4 is 10.2 Å². The molecule has 2 nitrogen and oxygen atoms in total. The van der Waals surface area contributed by atoms with Gasteiger partial charge in [-0.05, 0) is 48.8 Å². The van der Waals surface area contributed by atoms with Gasteiger partial charge in [0.2, 0.25) is 0 Å². The molecule has 1 aliphatic heterocycles. The SMILES string of the molecule is CCNC1C(CN2CCc3ccccc32)CCC1(C)C. The van der Waals surface area contributed by atoms with Crippen LogP contribution >= 0.6 is 0 Å². The van der Waals surface area contributed by atoms with Gasteiger partial charge >= 0.3 is 0 Å². The summed E-state index contributed by atoms with van der Waals surface area (Å²) in [4.78, 5) is 2.62. The first-order chi connectivity index (χ1) is 9.62. The molecule has 0 amide bonds. The fourth-order valence-electron chi connectivity index (χ4n) is 4.26. The maximum Gasteiger partial charge on any atom is 0.0399 e. The van der Waals surface area contributed by atoms with Crippen LogP contribution in [0.3, 0.4) is 0 Å². The van der Waals surface area contributed by atoms with Crippen molar-refractivity contribution in [1.82, 2.24) is 5.32 Å². The van der Waals surface area contributed by atoms with Crippen molar-refractivity contribution in [2.75, 3.05) is 24.5 Å². The molecule has 3 rings (SSSR count). The Morgan fingerprint density at radius 1 is 1.30 bits per heavy atom. The van der Waals surface area contributed by atoms with Gasteiger partial charge in [0.25, 0.3) is 0 Å². The van der Waals surface area contributed by atoms with Gasteiger partial charge in [-0.15, -0.1) is 0 Å². The molecule has 20 heavy (non-hydrogen) atoms.